The first-order valence-electron chi connectivity index (χ1n) is 16.6. The summed E-state index contributed by atoms with van der Waals surface area (Å²) >= 11 is 35.4. The van der Waals surface area contributed by atoms with Crippen LogP contribution in [-0.4, -0.2) is 36.4 Å². The largest absolute Gasteiger partial charge is 0.506 e. The van der Waals surface area contributed by atoms with Gasteiger partial charge in [0.25, 0.3) is 0 Å². The van der Waals surface area contributed by atoms with Gasteiger partial charge in [0.05, 0.1) is 36.2 Å². The number of nitrogen functional groups attached to an aromatic ring is 1. The van der Waals surface area contributed by atoms with Crippen LogP contribution >= 0.6 is 69.6 Å². The van der Waals surface area contributed by atoms with Crippen LogP contribution in [0.2, 0.25) is 30.1 Å². The van der Waals surface area contributed by atoms with Gasteiger partial charge in [-0.05, 0) is 60.2 Å². The second-order valence-electron chi connectivity index (χ2n) is 11.7. The Labute approximate surface area is 357 Å². The topological polar surface area (TPSA) is 147 Å². The number of hydrogen-bond donors (Lipinski definition) is 4. The molecule has 0 fully saturated rings. The Balaban J connectivity index is 0.000000173. The lowest BCUT2D eigenvalue weighted by molar-refractivity contribution is 0.112. The summed E-state index contributed by atoms with van der Waals surface area (Å²) < 4.78 is 0. The summed E-state index contributed by atoms with van der Waals surface area (Å²) in [5.74, 6) is 1.38. The highest BCUT2D eigenvalue weighted by molar-refractivity contribution is 6.43. The molecule has 4 heterocycles. The van der Waals surface area contributed by atoms with Gasteiger partial charge in [0.2, 0.25) is 0 Å². The molecule has 0 radical (unpaired) electrons. The normalized spacial score (nSPS) is 10.8. The summed E-state index contributed by atoms with van der Waals surface area (Å²) in [5.41, 5.74) is 8.16. The fourth-order valence-electron chi connectivity index (χ4n) is 5.14. The summed E-state index contributed by atoms with van der Waals surface area (Å²) in [6.45, 7) is 0. The zero-order valence-corrected chi connectivity index (χ0v) is 33.9. The Morgan fingerprint density at radius 1 is 0.579 bits per heavy atom. The number of nitrogens with zero attached hydrogens (tertiary/aromatic N) is 4. The molecule has 0 saturated heterocycles. The Hall–Kier alpha value is -5.39. The number of aldehydes is 1. The van der Waals surface area contributed by atoms with Gasteiger partial charge >= 0.3 is 0 Å². The smallest absolute Gasteiger partial charge is 0.151 e. The number of carbonyl (C=O) groups excluding carboxylic acids is 1. The number of halogens is 6. The van der Waals surface area contributed by atoms with Gasteiger partial charge < -0.3 is 21.3 Å². The number of aromatic hydroxyl groups is 2. The zero-order valence-electron chi connectivity index (χ0n) is 29.4. The predicted octanol–water partition coefficient (Wildman–Crippen LogP) is 12.6. The minimum absolute atomic E-state index is 0.0700. The Morgan fingerprint density at radius 2 is 1.18 bits per heavy atom. The molecule has 0 aliphatic heterocycles. The fraction of sp³-hybridized carbons (Fsp3) is 0.0238. The monoisotopic (exact) mass is 876 g/mol. The SMILES string of the molecule is Nc1ccc(Cl)cn1.O=Cc1cccc(Cl)c1Cl.Oc1c(C(Nc2ccc(Cl)cn2)c2cccc(Cl)c2Cl)ccc2cccnc12.Oc1cccc2cccnc12. The highest BCUT2D eigenvalue weighted by Gasteiger charge is 2.23. The van der Waals surface area contributed by atoms with E-state index in [4.69, 9.17) is 75.3 Å². The summed E-state index contributed by atoms with van der Waals surface area (Å²) in [6.07, 6.45) is 7.04. The van der Waals surface area contributed by atoms with Crippen molar-refractivity contribution < 1.29 is 15.0 Å². The standard InChI is InChI=1S/C21H14Cl3N3O.C9H7NO.C7H4Cl2O.C5H5ClN2/c22-13-7-9-17(26-11-13)27-20(14-4-1-5-16(23)18(14)24)15-8-6-12-3-2-10-25-19(12)21(15)28;11-8-5-1-3-7-4-2-6-10-9(7)8;8-6-3-1-2-5(4-10)7(6)9;6-4-1-2-5(7)8-3-4/h1-11,20,28H,(H,26,27);1-6,11H;1-4H;1-3H,(H2,7,8). The molecule has 0 aliphatic carbocycles. The van der Waals surface area contributed by atoms with E-state index in [2.05, 4.69) is 25.3 Å². The number of rotatable bonds is 5. The molecule has 8 aromatic rings. The summed E-state index contributed by atoms with van der Waals surface area (Å²) in [6, 6.07) is 33.2. The molecule has 0 spiro atoms. The molecule has 0 amide bonds. The average Bonchev–Trinajstić information content (AvgIpc) is 3.22. The van der Waals surface area contributed by atoms with E-state index in [-0.39, 0.29) is 11.5 Å². The van der Waals surface area contributed by atoms with Crippen molar-refractivity contribution in [2.75, 3.05) is 11.1 Å². The third-order valence-corrected chi connectivity index (χ3v) is 9.99. The number of hydrogen-bond acceptors (Lipinski definition) is 9. The first-order valence-corrected chi connectivity index (χ1v) is 18.9. The van der Waals surface area contributed by atoms with E-state index in [1.807, 2.05) is 54.6 Å². The van der Waals surface area contributed by atoms with Gasteiger partial charge in [-0.2, -0.15) is 0 Å². The number of phenolic OH excluding ortho intramolecular Hbond substituents is 2. The number of nitrogens with one attached hydrogen (secondary N) is 1. The molecular weight excluding hydrogens is 849 g/mol. The summed E-state index contributed by atoms with van der Waals surface area (Å²) in [4.78, 5) is 26.6. The van der Waals surface area contributed by atoms with Gasteiger partial charge in [-0.3, -0.25) is 14.8 Å². The van der Waals surface area contributed by atoms with E-state index >= 15 is 0 Å². The number of phenols is 2. The number of aromatic nitrogens is 4. The van der Waals surface area contributed by atoms with Gasteiger partial charge in [0, 0.05) is 46.7 Å². The van der Waals surface area contributed by atoms with E-state index in [0.29, 0.717) is 75.8 Å². The van der Waals surface area contributed by atoms with Crippen LogP contribution in [0.4, 0.5) is 11.6 Å². The summed E-state index contributed by atoms with van der Waals surface area (Å²) in [5, 5.41) is 28.1. The van der Waals surface area contributed by atoms with Crippen molar-refractivity contribution in [3.63, 3.8) is 0 Å². The highest BCUT2D eigenvalue weighted by atomic mass is 35.5. The van der Waals surface area contributed by atoms with Crippen molar-refractivity contribution in [1.82, 2.24) is 19.9 Å². The van der Waals surface area contributed by atoms with Crippen molar-refractivity contribution in [2.24, 2.45) is 0 Å². The van der Waals surface area contributed by atoms with Gasteiger partial charge in [-0.1, -0.05) is 130 Å². The van der Waals surface area contributed by atoms with Crippen LogP contribution in [0.5, 0.6) is 11.5 Å². The van der Waals surface area contributed by atoms with Crippen LogP contribution in [0, 0.1) is 0 Å². The molecule has 15 heteroatoms. The Morgan fingerprint density at radius 3 is 1.77 bits per heavy atom. The number of anilines is 2. The van der Waals surface area contributed by atoms with Crippen LogP contribution in [0.3, 0.4) is 0 Å². The van der Waals surface area contributed by atoms with E-state index in [0.717, 1.165) is 10.8 Å². The van der Waals surface area contributed by atoms with Crippen molar-refractivity contribution in [2.45, 2.75) is 6.04 Å². The molecule has 4 aromatic heterocycles. The lowest BCUT2D eigenvalue weighted by Gasteiger charge is -2.23. The molecule has 9 nitrogen and oxygen atoms in total. The van der Waals surface area contributed by atoms with Gasteiger partial charge in [-0.15, -0.1) is 0 Å². The van der Waals surface area contributed by atoms with Crippen molar-refractivity contribution in [3.8, 4) is 11.5 Å². The quantitative estimate of drug-likeness (QED) is 0.124. The number of carbonyl (C=O) groups is 1. The van der Waals surface area contributed by atoms with E-state index < -0.39 is 6.04 Å². The molecule has 0 bridgehead atoms. The molecule has 4 aromatic carbocycles. The Bertz CT molecular complexity index is 2570. The first-order chi connectivity index (χ1) is 27.5. The molecule has 288 valence electrons. The second-order valence-corrected chi connectivity index (χ2v) is 14.1. The van der Waals surface area contributed by atoms with Crippen molar-refractivity contribution >= 4 is 109 Å². The number of fused-ring (bicyclic) bond motifs is 2. The molecule has 0 aliphatic rings. The third kappa shape index (κ3) is 11.6. The Kier molecular flexibility index (Phi) is 15.5. The van der Waals surface area contributed by atoms with Crippen LogP contribution in [0.15, 0.2) is 140 Å². The lowest BCUT2D eigenvalue weighted by atomic mass is 9.96. The van der Waals surface area contributed by atoms with Crippen LogP contribution < -0.4 is 11.1 Å². The molecule has 1 atom stereocenters. The molecule has 1 unspecified atom stereocenters. The van der Waals surface area contributed by atoms with Crippen LogP contribution in [0.1, 0.15) is 27.5 Å². The lowest BCUT2D eigenvalue weighted by Crippen LogP contribution is -2.14. The second kappa shape index (κ2) is 20.7. The zero-order chi connectivity index (χ0) is 40.9. The van der Waals surface area contributed by atoms with Gasteiger partial charge in [0.1, 0.15) is 34.2 Å². The minimum atomic E-state index is -0.508. The van der Waals surface area contributed by atoms with Crippen LogP contribution in [-0.2, 0) is 0 Å². The highest BCUT2D eigenvalue weighted by Crippen LogP contribution is 2.40. The predicted molar refractivity (Wildman–Crippen MR) is 233 cm³/mol. The fourth-order valence-corrected chi connectivity index (χ4v) is 6.13. The van der Waals surface area contributed by atoms with Crippen LogP contribution in [0.25, 0.3) is 21.8 Å². The number of nitrogens with two attached hydrogens (primary N) is 1. The molecule has 8 rings (SSSR count). The van der Waals surface area contributed by atoms with Gasteiger partial charge in [-0.25, -0.2) is 9.97 Å². The maximum absolute atomic E-state index is 10.9. The first kappa shape index (κ1) is 42.7. The maximum atomic E-state index is 10.9. The van der Waals surface area contributed by atoms with Crippen molar-refractivity contribution in [1.29, 1.82) is 0 Å². The molecule has 5 N–H and O–H groups in total. The molecule has 57 heavy (non-hydrogen) atoms. The third-order valence-electron chi connectivity index (χ3n) is 7.87. The maximum Gasteiger partial charge on any atom is 0.151 e. The molecular formula is C42H30Cl6N6O3. The number of pyridine rings is 4. The minimum Gasteiger partial charge on any atom is -0.506 e. The average molecular weight is 879 g/mol. The van der Waals surface area contributed by atoms with Gasteiger partial charge in [0.15, 0.2) is 6.29 Å². The number of para-hydroxylation sites is 1. The summed E-state index contributed by atoms with van der Waals surface area (Å²) in [7, 11) is 0. The van der Waals surface area contributed by atoms with E-state index in [1.165, 1.54) is 6.20 Å². The molecule has 0 saturated carbocycles. The van der Waals surface area contributed by atoms with E-state index in [9.17, 15) is 15.0 Å². The number of benzene rings is 4. The van der Waals surface area contributed by atoms with E-state index in [1.54, 1.807) is 79.3 Å². The van der Waals surface area contributed by atoms with Crippen molar-refractivity contribution in [3.05, 3.63) is 187 Å².